The lowest BCUT2D eigenvalue weighted by Crippen LogP contribution is -2.32. The van der Waals surface area contributed by atoms with Crippen LogP contribution in [0.4, 0.5) is 0 Å². The number of rotatable bonds is 6. The van der Waals surface area contributed by atoms with Crippen molar-refractivity contribution in [1.82, 2.24) is 24.1 Å². The molecule has 0 bridgehead atoms. The maximum atomic E-state index is 13.0. The second-order valence-corrected chi connectivity index (χ2v) is 8.20. The van der Waals surface area contributed by atoms with Gasteiger partial charge in [0.15, 0.2) is 0 Å². The number of thiophene rings is 1. The quantitative estimate of drug-likeness (QED) is 0.524. The van der Waals surface area contributed by atoms with E-state index in [1.807, 2.05) is 44.2 Å². The summed E-state index contributed by atoms with van der Waals surface area (Å²) in [5.41, 5.74) is 0.891. The highest BCUT2D eigenvalue weighted by atomic mass is 32.1. The van der Waals surface area contributed by atoms with Crippen LogP contribution in [0, 0.1) is 5.92 Å². The van der Waals surface area contributed by atoms with E-state index in [0.29, 0.717) is 23.3 Å². The van der Waals surface area contributed by atoms with Gasteiger partial charge in [0.05, 0.1) is 5.52 Å². The van der Waals surface area contributed by atoms with Crippen LogP contribution in [0.2, 0.25) is 0 Å². The Morgan fingerprint density at radius 2 is 1.93 bits per heavy atom. The highest BCUT2D eigenvalue weighted by molar-refractivity contribution is 7.17. The van der Waals surface area contributed by atoms with Crippen LogP contribution < -0.4 is 16.6 Å². The predicted octanol–water partition coefficient (Wildman–Crippen LogP) is 1.84. The van der Waals surface area contributed by atoms with E-state index >= 15 is 0 Å². The minimum Gasteiger partial charge on any atom is -0.350 e. The lowest BCUT2D eigenvalue weighted by atomic mass is 10.2. The number of fused-ring (bicyclic) bond motifs is 3. The molecule has 3 heterocycles. The minimum absolute atomic E-state index is 0.165. The number of hydrogen-bond donors (Lipinski definition) is 1. The average molecular weight is 411 g/mol. The van der Waals surface area contributed by atoms with Gasteiger partial charge in [0.1, 0.15) is 11.2 Å². The number of aromatic nitrogens is 4. The van der Waals surface area contributed by atoms with Gasteiger partial charge in [-0.15, -0.1) is 16.4 Å². The highest BCUT2D eigenvalue weighted by Crippen LogP contribution is 2.17. The number of benzene rings is 1. The number of hydrogen-bond acceptors (Lipinski definition) is 5. The van der Waals surface area contributed by atoms with E-state index in [2.05, 4.69) is 10.4 Å². The third kappa shape index (κ3) is 3.61. The second-order valence-electron chi connectivity index (χ2n) is 7.28. The Balaban J connectivity index is 1.70. The average Bonchev–Trinajstić information content (AvgIpc) is 3.29. The zero-order chi connectivity index (χ0) is 20.5. The molecule has 150 valence electrons. The molecule has 0 atom stereocenters. The number of carbonyl (C=O) groups excluding carboxylic acids is 1. The van der Waals surface area contributed by atoms with E-state index in [0.717, 1.165) is 10.2 Å². The Morgan fingerprint density at radius 1 is 1.17 bits per heavy atom. The summed E-state index contributed by atoms with van der Waals surface area (Å²) in [6.07, 6.45) is 0. The fourth-order valence-corrected chi connectivity index (χ4v) is 4.08. The van der Waals surface area contributed by atoms with E-state index in [9.17, 15) is 14.4 Å². The van der Waals surface area contributed by atoms with Crippen LogP contribution in [0.5, 0.6) is 0 Å². The Morgan fingerprint density at radius 3 is 2.66 bits per heavy atom. The normalized spacial score (nSPS) is 11.6. The molecule has 0 aliphatic carbocycles. The molecule has 0 aliphatic rings. The highest BCUT2D eigenvalue weighted by Gasteiger charge is 2.19. The Kier molecular flexibility index (Phi) is 5.06. The van der Waals surface area contributed by atoms with Crippen LogP contribution in [0.3, 0.4) is 0 Å². The van der Waals surface area contributed by atoms with Gasteiger partial charge in [-0.1, -0.05) is 44.2 Å². The molecule has 8 nitrogen and oxygen atoms in total. The molecule has 0 saturated heterocycles. The maximum absolute atomic E-state index is 13.0. The van der Waals surface area contributed by atoms with Crippen molar-refractivity contribution >= 4 is 33.2 Å². The minimum atomic E-state index is -0.434. The summed E-state index contributed by atoms with van der Waals surface area (Å²) in [7, 11) is 0. The van der Waals surface area contributed by atoms with Crippen molar-refractivity contribution in [2.24, 2.45) is 5.92 Å². The smallest absolute Gasteiger partial charge is 0.350 e. The van der Waals surface area contributed by atoms with Crippen molar-refractivity contribution < 1.29 is 4.79 Å². The van der Waals surface area contributed by atoms with E-state index in [1.54, 1.807) is 11.4 Å². The summed E-state index contributed by atoms with van der Waals surface area (Å²) < 4.78 is 4.56. The predicted molar refractivity (Wildman–Crippen MR) is 112 cm³/mol. The van der Waals surface area contributed by atoms with Crippen LogP contribution in [-0.4, -0.2) is 24.7 Å². The van der Waals surface area contributed by atoms with Crippen LogP contribution in [0.15, 0.2) is 51.4 Å². The van der Waals surface area contributed by atoms with Gasteiger partial charge < -0.3 is 5.32 Å². The number of nitrogens with zero attached hydrogens (tertiary/aromatic N) is 4. The van der Waals surface area contributed by atoms with Crippen LogP contribution in [0.25, 0.3) is 16.0 Å². The molecule has 0 aliphatic heterocycles. The van der Waals surface area contributed by atoms with Crippen molar-refractivity contribution in [2.45, 2.75) is 33.5 Å². The molecule has 0 spiro atoms. The molecule has 1 aromatic carbocycles. The first-order valence-corrected chi connectivity index (χ1v) is 10.2. The van der Waals surface area contributed by atoms with Crippen molar-refractivity contribution in [1.29, 1.82) is 0 Å². The molecule has 0 fully saturated rings. The standard InChI is InChI=1S/C20H21N5O3S/c1-13(2)11-23-18(27)17-15(8-9-29-17)25-19(23)22-24(20(25)28)12-16(26)21-10-14-6-4-3-5-7-14/h3-9,13H,10-12H2,1-2H3,(H,21,26). The molecule has 0 unspecified atom stereocenters. The zero-order valence-electron chi connectivity index (χ0n) is 16.2. The molecule has 3 aromatic heterocycles. The Labute approximate surface area is 170 Å². The molecule has 4 rings (SSSR count). The van der Waals surface area contributed by atoms with E-state index in [1.165, 1.54) is 20.3 Å². The second kappa shape index (κ2) is 7.67. The summed E-state index contributed by atoms with van der Waals surface area (Å²) in [5, 5.41) is 8.90. The van der Waals surface area contributed by atoms with Gasteiger partial charge in [0, 0.05) is 13.1 Å². The number of amides is 1. The molecule has 9 heteroatoms. The molecule has 4 aromatic rings. The van der Waals surface area contributed by atoms with Crippen LogP contribution in [0.1, 0.15) is 19.4 Å². The molecule has 1 N–H and O–H groups in total. The molecule has 1 amide bonds. The van der Waals surface area contributed by atoms with Gasteiger partial charge in [-0.05, 0) is 22.9 Å². The first-order chi connectivity index (χ1) is 14.0. The maximum Gasteiger partial charge on any atom is 0.352 e. The van der Waals surface area contributed by atoms with Gasteiger partial charge in [0.25, 0.3) is 5.56 Å². The van der Waals surface area contributed by atoms with Crippen molar-refractivity contribution in [3.05, 3.63) is 68.2 Å². The van der Waals surface area contributed by atoms with Gasteiger partial charge in [-0.25, -0.2) is 13.9 Å². The summed E-state index contributed by atoms with van der Waals surface area (Å²) in [5.74, 6) is 0.137. The lowest BCUT2D eigenvalue weighted by molar-refractivity contribution is -0.122. The first kappa shape index (κ1) is 19.1. The van der Waals surface area contributed by atoms with Gasteiger partial charge in [0.2, 0.25) is 11.7 Å². The van der Waals surface area contributed by atoms with Crippen LogP contribution in [-0.2, 0) is 24.4 Å². The van der Waals surface area contributed by atoms with Gasteiger partial charge in [-0.2, -0.15) is 0 Å². The lowest BCUT2D eigenvalue weighted by Gasteiger charge is -2.09. The zero-order valence-corrected chi connectivity index (χ0v) is 17.0. The Bertz CT molecular complexity index is 1300. The molecule has 0 saturated carbocycles. The SMILES string of the molecule is CC(C)Cn1c(=O)c2sccc2n2c(=O)n(CC(=O)NCc3ccccc3)nc12. The molecular weight excluding hydrogens is 390 g/mol. The number of carbonyl (C=O) groups is 1. The van der Waals surface area contributed by atoms with Crippen LogP contribution >= 0.6 is 11.3 Å². The van der Waals surface area contributed by atoms with Gasteiger partial charge in [-0.3, -0.25) is 14.2 Å². The first-order valence-electron chi connectivity index (χ1n) is 9.36. The topological polar surface area (TPSA) is 90.4 Å². The van der Waals surface area contributed by atoms with E-state index in [-0.39, 0.29) is 29.7 Å². The third-order valence-electron chi connectivity index (χ3n) is 4.56. The monoisotopic (exact) mass is 411 g/mol. The summed E-state index contributed by atoms with van der Waals surface area (Å²) in [6.45, 7) is 4.58. The van der Waals surface area contributed by atoms with E-state index < -0.39 is 5.69 Å². The Hall–Kier alpha value is -3.20. The molecule has 29 heavy (non-hydrogen) atoms. The molecule has 0 radical (unpaired) electrons. The molecular formula is C20H21N5O3S. The van der Waals surface area contributed by atoms with Crippen molar-refractivity contribution in [3.8, 4) is 0 Å². The number of nitrogens with one attached hydrogen (secondary N) is 1. The third-order valence-corrected chi connectivity index (χ3v) is 5.45. The van der Waals surface area contributed by atoms with Gasteiger partial charge >= 0.3 is 5.69 Å². The summed E-state index contributed by atoms with van der Waals surface area (Å²) in [4.78, 5) is 38.2. The fourth-order valence-electron chi connectivity index (χ4n) is 3.26. The van der Waals surface area contributed by atoms with E-state index in [4.69, 9.17) is 0 Å². The summed E-state index contributed by atoms with van der Waals surface area (Å²) in [6, 6.07) is 11.3. The van der Waals surface area contributed by atoms with Crippen molar-refractivity contribution in [3.63, 3.8) is 0 Å². The fraction of sp³-hybridized carbons (Fsp3) is 0.300. The largest absolute Gasteiger partial charge is 0.352 e. The summed E-state index contributed by atoms with van der Waals surface area (Å²) >= 11 is 1.30. The van der Waals surface area contributed by atoms with Crippen molar-refractivity contribution in [2.75, 3.05) is 0 Å².